The Morgan fingerprint density at radius 2 is 2.07 bits per heavy atom. The summed E-state index contributed by atoms with van der Waals surface area (Å²) in [4.78, 5) is 26.2. The third kappa shape index (κ3) is 2.79. The third-order valence-corrected chi connectivity index (χ3v) is 5.34. The molecule has 0 spiro atoms. The topological polar surface area (TPSA) is 131 Å². The molecule has 5 rings (SSSR count). The maximum atomic E-state index is 12.3. The average molecular weight is 403 g/mol. The molecule has 4 aromatic rings. The van der Waals surface area contributed by atoms with Gasteiger partial charge in [0, 0.05) is 37.2 Å². The number of carbonyl (C=O) groups excluding carboxylic acids is 1. The molecule has 1 unspecified atom stereocenters. The Bertz CT molecular complexity index is 1340. The van der Waals surface area contributed by atoms with Gasteiger partial charge in [-0.05, 0) is 18.2 Å². The number of aromatic nitrogens is 4. The Balaban J connectivity index is 1.51. The first-order valence-electron chi connectivity index (χ1n) is 9.82. The molecule has 0 aliphatic carbocycles. The summed E-state index contributed by atoms with van der Waals surface area (Å²) in [5.74, 6) is 0.180. The summed E-state index contributed by atoms with van der Waals surface area (Å²) in [6.45, 7) is 0.454. The summed E-state index contributed by atoms with van der Waals surface area (Å²) >= 11 is 0. The highest BCUT2D eigenvalue weighted by Crippen LogP contribution is 2.35. The van der Waals surface area contributed by atoms with Crippen molar-refractivity contribution in [3.05, 3.63) is 54.5 Å². The third-order valence-electron chi connectivity index (χ3n) is 5.34. The fourth-order valence-corrected chi connectivity index (χ4v) is 3.61. The van der Waals surface area contributed by atoms with Gasteiger partial charge in [-0.2, -0.15) is 0 Å². The zero-order valence-corrected chi connectivity index (χ0v) is 16.0. The number of benzene rings is 1. The van der Waals surface area contributed by atoms with E-state index in [1.807, 2.05) is 24.3 Å². The van der Waals surface area contributed by atoms with Gasteiger partial charge in [0.15, 0.2) is 17.2 Å². The smallest absolute Gasteiger partial charge is 0.260 e. The normalized spacial score (nSPS) is 19.5. The molecule has 4 heterocycles. The molecule has 3 N–H and O–H groups in total. The van der Waals surface area contributed by atoms with Gasteiger partial charge < -0.3 is 20.3 Å². The van der Waals surface area contributed by atoms with Gasteiger partial charge in [0.2, 0.25) is 0 Å². The molecular weight excluding hydrogens is 384 g/mol. The van der Waals surface area contributed by atoms with E-state index >= 15 is 0 Å². The number of hydrogen-bond acceptors (Lipinski definition) is 8. The largest absolute Gasteiger partial charge is 0.382 e. The average Bonchev–Trinajstić information content (AvgIpc) is 3.36. The van der Waals surface area contributed by atoms with E-state index in [4.69, 9.17) is 11.6 Å². The van der Waals surface area contributed by atoms with Crippen molar-refractivity contribution in [3.8, 4) is 22.6 Å². The minimum absolute atomic E-state index is 0.146. The summed E-state index contributed by atoms with van der Waals surface area (Å²) in [6.07, 6.45) is 0.107. The van der Waals surface area contributed by atoms with Crippen LogP contribution in [0.4, 0.5) is 5.82 Å². The molecule has 9 heteroatoms. The zero-order chi connectivity index (χ0) is 21.8. The number of nitrogens with zero attached hydrogens (tertiary/aromatic N) is 5. The van der Waals surface area contributed by atoms with E-state index in [9.17, 15) is 9.90 Å². The lowest BCUT2D eigenvalue weighted by Gasteiger charge is -2.16. The van der Waals surface area contributed by atoms with Gasteiger partial charge in [-0.1, -0.05) is 23.4 Å². The Kier molecular flexibility index (Phi) is 3.75. The Morgan fingerprint density at radius 1 is 1.23 bits per heavy atom. The molecule has 1 aromatic carbocycles. The zero-order valence-electron chi connectivity index (χ0n) is 17.0. The maximum absolute atomic E-state index is 12.3. The number of aliphatic hydroxyl groups is 1. The Labute approximate surface area is 172 Å². The van der Waals surface area contributed by atoms with Crippen LogP contribution in [0.15, 0.2) is 53.3 Å². The SMILES string of the molecule is [2H]c1nc(N)c2nc(-c3cccc(-c4cc(C5(O)CCN(C)C5=O)no4)c3)ccc2n1. The standard InChI is InChI=1S/C21H18N6O3/c1-27-8-7-21(29,20(27)28)17-10-16(30-26-17)13-4-2-3-12(9-13)14-5-6-15-18(25-14)19(22)24-11-23-15/h2-6,9-11,29H,7-8H2,1H3,(H2,22,23,24)/i11D. The first-order valence-corrected chi connectivity index (χ1v) is 9.32. The first kappa shape index (κ1) is 17.0. The number of amides is 1. The number of nitrogens with two attached hydrogens (primary N) is 1. The van der Waals surface area contributed by atoms with Gasteiger partial charge in [-0.25, -0.2) is 15.0 Å². The van der Waals surface area contributed by atoms with Gasteiger partial charge in [-0.3, -0.25) is 4.79 Å². The van der Waals surface area contributed by atoms with E-state index < -0.39 is 11.5 Å². The van der Waals surface area contributed by atoms with Crippen LogP contribution in [0.1, 0.15) is 13.5 Å². The van der Waals surface area contributed by atoms with Crippen LogP contribution in [-0.4, -0.2) is 49.6 Å². The number of likely N-dealkylation sites (tertiary alicyclic amines) is 1. The lowest BCUT2D eigenvalue weighted by Crippen LogP contribution is -2.36. The summed E-state index contributed by atoms with van der Waals surface area (Å²) in [7, 11) is 1.64. The van der Waals surface area contributed by atoms with Crippen LogP contribution in [0.3, 0.4) is 0 Å². The number of pyridine rings is 1. The van der Waals surface area contributed by atoms with E-state index in [1.165, 1.54) is 4.90 Å². The molecule has 9 nitrogen and oxygen atoms in total. The van der Waals surface area contributed by atoms with Crippen LogP contribution >= 0.6 is 0 Å². The van der Waals surface area contributed by atoms with Gasteiger partial charge >= 0.3 is 0 Å². The van der Waals surface area contributed by atoms with Crippen molar-refractivity contribution in [2.45, 2.75) is 12.0 Å². The molecule has 1 aliphatic rings. The van der Waals surface area contributed by atoms with Crippen molar-refractivity contribution < 1.29 is 15.8 Å². The highest BCUT2D eigenvalue weighted by molar-refractivity contribution is 5.88. The highest BCUT2D eigenvalue weighted by Gasteiger charge is 2.47. The van der Waals surface area contributed by atoms with E-state index in [0.717, 1.165) is 5.56 Å². The monoisotopic (exact) mass is 403 g/mol. The van der Waals surface area contributed by atoms with Crippen molar-refractivity contribution >= 4 is 22.8 Å². The molecule has 0 saturated carbocycles. The molecule has 1 fully saturated rings. The Morgan fingerprint density at radius 3 is 2.87 bits per heavy atom. The molecule has 150 valence electrons. The first-order chi connectivity index (χ1) is 14.8. The van der Waals surface area contributed by atoms with Crippen molar-refractivity contribution in [3.63, 3.8) is 0 Å². The number of nitrogen functional groups attached to an aromatic ring is 1. The van der Waals surface area contributed by atoms with Crippen LogP contribution in [-0.2, 0) is 10.4 Å². The summed E-state index contributed by atoms with van der Waals surface area (Å²) in [6, 6.07) is 12.5. The number of carbonyl (C=O) groups is 1. The van der Waals surface area contributed by atoms with Crippen LogP contribution < -0.4 is 5.73 Å². The van der Waals surface area contributed by atoms with Gasteiger partial charge in [0.25, 0.3) is 5.91 Å². The predicted molar refractivity (Wildman–Crippen MR) is 109 cm³/mol. The Hall–Kier alpha value is -3.85. The minimum atomic E-state index is -1.66. The van der Waals surface area contributed by atoms with Gasteiger partial charge in [0.05, 0.1) is 11.2 Å². The number of fused-ring (bicyclic) bond motifs is 1. The lowest BCUT2D eigenvalue weighted by atomic mass is 9.97. The minimum Gasteiger partial charge on any atom is -0.382 e. The van der Waals surface area contributed by atoms with Crippen LogP contribution in [0.25, 0.3) is 33.6 Å². The van der Waals surface area contributed by atoms with Crippen molar-refractivity contribution in [2.24, 2.45) is 0 Å². The van der Waals surface area contributed by atoms with Crippen molar-refractivity contribution in [1.29, 1.82) is 0 Å². The number of likely N-dealkylation sites (N-methyl/N-ethyl adjacent to an activating group) is 1. The fourth-order valence-electron chi connectivity index (χ4n) is 3.61. The molecule has 1 amide bonds. The maximum Gasteiger partial charge on any atom is 0.260 e. The van der Waals surface area contributed by atoms with E-state index in [-0.39, 0.29) is 24.2 Å². The number of anilines is 1. The number of rotatable bonds is 3. The van der Waals surface area contributed by atoms with E-state index in [2.05, 4.69) is 20.1 Å². The molecule has 30 heavy (non-hydrogen) atoms. The molecule has 1 atom stereocenters. The van der Waals surface area contributed by atoms with Crippen LogP contribution in [0.2, 0.25) is 0 Å². The van der Waals surface area contributed by atoms with Gasteiger partial charge in [0.1, 0.15) is 18.9 Å². The molecule has 0 radical (unpaired) electrons. The summed E-state index contributed by atoms with van der Waals surface area (Å²) in [5, 5.41) is 14.7. The second kappa shape index (κ2) is 6.60. The molecule has 3 aromatic heterocycles. The van der Waals surface area contributed by atoms with Crippen molar-refractivity contribution in [2.75, 3.05) is 19.3 Å². The predicted octanol–water partition coefficient (Wildman–Crippen LogP) is 1.98. The molecule has 0 bridgehead atoms. The van der Waals surface area contributed by atoms with Crippen molar-refractivity contribution in [1.82, 2.24) is 25.0 Å². The molecule has 1 saturated heterocycles. The molecule has 1 aliphatic heterocycles. The second-order valence-corrected chi connectivity index (χ2v) is 7.27. The van der Waals surface area contributed by atoms with Crippen LogP contribution in [0.5, 0.6) is 0 Å². The summed E-state index contributed by atoms with van der Waals surface area (Å²) in [5.41, 5.74) is 7.52. The number of hydrogen-bond donors (Lipinski definition) is 2. The van der Waals surface area contributed by atoms with Crippen LogP contribution in [0, 0.1) is 0 Å². The summed E-state index contributed by atoms with van der Waals surface area (Å²) < 4.78 is 13.0. The highest BCUT2D eigenvalue weighted by atomic mass is 16.5. The quantitative estimate of drug-likeness (QED) is 0.531. The van der Waals surface area contributed by atoms with E-state index in [0.29, 0.717) is 34.6 Å². The molecular formula is C21H18N6O3. The van der Waals surface area contributed by atoms with E-state index in [1.54, 1.807) is 25.2 Å². The fraction of sp³-hybridized carbons (Fsp3) is 0.190. The second-order valence-electron chi connectivity index (χ2n) is 7.27. The lowest BCUT2D eigenvalue weighted by molar-refractivity contribution is -0.143. The van der Waals surface area contributed by atoms with Gasteiger partial charge in [-0.15, -0.1) is 0 Å².